The van der Waals surface area contributed by atoms with Crippen LogP contribution >= 0.6 is 11.6 Å². The molecule has 0 aliphatic rings. The van der Waals surface area contributed by atoms with Crippen molar-refractivity contribution in [2.75, 3.05) is 7.05 Å². The van der Waals surface area contributed by atoms with E-state index in [1.165, 1.54) is 17.4 Å². The highest BCUT2D eigenvalue weighted by Gasteiger charge is 2.24. The molecule has 0 amide bonds. The summed E-state index contributed by atoms with van der Waals surface area (Å²) in [7, 11) is -2.10. The van der Waals surface area contributed by atoms with Gasteiger partial charge in [-0.15, -0.1) is 11.6 Å². The lowest BCUT2D eigenvalue weighted by Gasteiger charge is -2.15. The van der Waals surface area contributed by atoms with Gasteiger partial charge in [0.25, 0.3) is 10.0 Å². The Morgan fingerprint density at radius 1 is 1.15 bits per heavy atom. The molecule has 0 bridgehead atoms. The predicted molar refractivity (Wildman–Crippen MR) is 78.1 cm³/mol. The molecule has 0 aliphatic carbocycles. The highest BCUT2D eigenvalue weighted by molar-refractivity contribution is 7.88. The predicted octanol–water partition coefficient (Wildman–Crippen LogP) is 3.15. The average Bonchev–Trinajstić information content (AvgIpc) is 2.90. The Hall–Kier alpha value is -1.30. The molecule has 20 heavy (non-hydrogen) atoms. The van der Waals surface area contributed by atoms with E-state index < -0.39 is 10.0 Å². The minimum absolute atomic E-state index is 0.0808. The van der Waals surface area contributed by atoms with E-state index in [4.69, 9.17) is 16.0 Å². The van der Waals surface area contributed by atoms with Crippen LogP contribution in [0.3, 0.4) is 0 Å². The molecule has 0 atom stereocenters. The number of hydrogen-bond acceptors (Lipinski definition) is 3. The minimum atomic E-state index is -3.63. The van der Waals surface area contributed by atoms with E-state index in [-0.39, 0.29) is 11.0 Å². The van der Waals surface area contributed by atoms with Crippen molar-refractivity contribution < 1.29 is 12.8 Å². The summed E-state index contributed by atoms with van der Waals surface area (Å²) in [5, 5.41) is -0.0808. The van der Waals surface area contributed by atoms with Crippen LogP contribution < -0.4 is 0 Å². The van der Waals surface area contributed by atoms with E-state index in [1.54, 1.807) is 6.07 Å². The Morgan fingerprint density at radius 2 is 1.80 bits per heavy atom. The fraction of sp³-hybridized carbons (Fsp3) is 0.286. The standard InChI is InChI=1S/C14H16ClNO3S/c1-11-3-5-12(6-4-11)10-16(2)20(17,18)14-8-7-13(9-15)19-14/h3-8H,9-10H2,1-2H3. The van der Waals surface area contributed by atoms with E-state index in [0.29, 0.717) is 12.3 Å². The van der Waals surface area contributed by atoms with E-state index >= 15 is 0 Å². The molecule has 1 aromatic heterocycles. The molecule has 0 aliphatic heterocycles. The normalized spacial score (nSPS) is 12.0. The summed E-state index contributed by atoms with van der Waals surface area (Å²) in [5.74, 6) is 0.589. The van der Waals surface area contributed by atoms with E-state index in [2.05, 4.69) is 0 Å². The molecule has 1 heterocycles. The largest absolute Gasteiger partial charge is 0.447 e. The van der Waals surface area contributed by atoms with Gasteiger partial charge in [-0.3, -0.25) is 0 Å². The third-order valence-corrected chi connectivity index (χ3v) is 4.90. The van der Waals surface area contributed by atoms with Crippen LogP contribution in [0.4, 0.5) is 0 Å². The molecular formula is C14H16ClNO3S. The van der Waals surface area contributed by atoms with Crippen LogP contribution in [0.5, 0.6) is 0 Å². The molecule has 0 unspecified atom stereocenters. The van der Waals surface area contributed by atoms with Crippen LogP contribution in [0, 0.1) is 6.92 Å². The van der Waals surface area contributed by atoms with Crippen molar-refractivity contribution >= 4 is 21.6 Å². The van der Waals surface area contributed by atoms with Crippen LogP contribution in [0.1, 0.15) is 16.9 Å². The Morgan fingerprint density at radius 3 is 2.35 bits per heavy atom. The van der Waals surface area contributed by atoms with Crippen molar-refractivity contribution in [2.24, 2.45) is 0 Å². The number of hydrogen-bond donors (Lipinski definition) is 0. The molecule has 0 spiro atoms. The van der Waals surface area contributed by atoms with Gasteiger partial charge < -0.3 is 4.42 Å². The van der Waals surface area contributed by atoms with Crippen molar-refractivity contribution in [3.05, 3.63) is 53.3 Å². The second-order valence-electron chi connectivity index (χ2n) is 4.60. The van der Waals surface area contributed by atoms with Gasteiger partial charge in [0.2, 0.25) is 5.09 Å². The van der Waals surface area contributed by atoms with Crippen LogP contribution in [0.25, 0.3) is 0 Å². The molecule has 108 valence electrons. The molecule has 0 saturated heterocycles. The Balaban J connectivity index is 2.18. The lowest BCUT2D eigenvalue weighted by Crippen LogP contribution is -2.26. The fourth-order valence-electron chi connectivity index (χ4n) is 1.76. The van der Waals surface area contributed by atoms with Crippen molar-refractivity contribution in [3.63, 3.8) is 0 Å². The second kappa shape index (κ2) is 5.99. The topological polar surface area (TPSA) is 50.5 Å². The highest BCUT2D eigenvalue weighted by atomic mass is 35.5. The highest BCUT2D eigenvalue weighted by Crippen LogP contribution is 2.20. The molecule has 0 radical (unpaired) electrons. The third kappa shape index (κ3) is 3.23. The summed E-state index contributed by atoms with van der Waals surface area (Å²) in [6.07, 6.45) is 0. The van der Waals surface area contributed by atoms with Crippen LogP contribution in [-0.4, -0.2) is 19.8 Å². The second-order valence-corrected chi connectivity index (χ2v) is 6.84. The van der Waals surface area contributed by atoms with Crippen LogP contribution in [0.2, 0.25) is 0 Å². The number of benzene rings is 1. The summed E-state index contributed by atoms with van der Waals surface area (Å²) in [5.41, 5.74) is 2.06. The fourth-order valence-corrected chi connectivity index (χ4v) is 2.98. The number of halogens is 1. The lowest BCUT2D eigenvalue weighted by atomic mass is 10.1. The van der Waals surface area contributed by atoms with Crippen LogP contribution in [0.15, 0.2) is 45.9 Å². The lowest BCUT2D eigenvalue weighted by molar-refractivity contribution is 0.393. The molecule has 1 aromatic carbocycles. The zero-order valence-corrected chi connectivity index (χ0v) is 12.9. The van der Waals surface area contributed by atoms with E-state index in [9.17, 15) is 8.42 Å². The molecular weight excluding hydrogens is 298 g/mol. The number of aryl methyl sites for hydroxylation is 1. The summed E-state index contributed by atoms with van der Waals surface area (Å²) >= 11 is 5.61. The summed E-state index contributed by atoms with van der Waals surface area (Å²) in [4.78, 5) is 0. The van der Waals surface area contributed by atoms with E-state index in [1.807, 2.05) is 31.2 Å². The number of alkyl halides is 1. The smallest absolute Gasteiger partial charge is 0.276 e. The van der Waals surface area contributed by atoms with Gasteiger partial charge in [-0.1, -0.05) is 29.8 Å². The number of sulfonamides is 1. The monoisotopic (exact) mass is 313 g/mol. The first-order valence-electron chi connectivity index (χ1n) is 6.10. The molecule has 4 nitrogen and oxygen atoms in total. The first kappa shape index (κ1) is 15.1. The van der Waals surface area contributed by atoms with Gasteiger partial charge in [-0.25, -0.2) is 8.42 Å². The van der Waals surface area contributed by atoms with Crippen molar-refractivity contribution in [3.8, 4) is 0 Å². The molecule has 0 saturated carbocycles. The molecule has 0 N–H and O–H groups in total. The molecule has 2 aromatic rings. The SMILES string of the molecule is Cc1ccc(CN(C)S(=O)(=O)c2ccc(CCl)o2)cc1. The Labute approximate surface area is 124 Å². The maximum atomic E-state index is 12.3. The third-order valence-electron chi connectivity index (χ3n) is 2.96. The summed E-state index contributed by atoms with van der Waals surface area (Å²) in [6, 6.07) is 10.7. The Kier molecular flexibility index (Phi) is 4.52. The van der Waals surface area contributed by atoms with Gasteiger partial charge in [0.1, 0.15) is 5.76 Å². The molecule has 2 rings (SSSR count). The number of furan rings is 1. The van der Waals surface area contributed by atoms with Crippen molar-refractivity contribution in [2.45, 2.75) is 24.4 Å². The van der Waals surface area contributed by atoms with Gasteiger partial charge in [0.15, 0.2) is 0 Å². The quantitative estimate of drug-likeness (QED) is 0.797. The van der Waals surface area contributed by atoms with Gasteiger partial charge in [0, 0.05) is 13.6 Å². The Bertz CT molecular complexity index is 677. The van der Waals surface area contributed by atoms with Gasteiger partial charge in [-0.05, 0) is 24.6 Å². The van der Waals surface area contributed by atoms with Crippen molar-refractivity contribution in [1.82, 2.24) is 4.31 Å². The average molecular weight is 314 g/mol. The molecule has 6 heteroatoms. The zero-order chi connectivity index (χ0) is 14.8. The zero-order valence-electron chi connectivity index (χ0n) is 11.3. The van der Waals surface area contributed by atoms with Crippen LogP contribution in [-0.2, 0) is 22.4 Å². The van der Waals surface area contributed by atoms with Gasteiger partial charge >= 0.3 is 0 Å². The first-order chi connectivity index (χ1) is 9.43. The minimum Gasteiger partial charge on any atom is -0.447 e. The molecule has 0 fully saturated rings. The number of nitrogens with zero attached hydrogens (tertiary/aromatic N) is 1. The maximum Gasteiger partial charge on any atom is 0.276 e. The maximum absolute atomic E-state index is 12.3. The number of rotatable bonds is 5. The summed E-state index contributed by atoms with van der Waals surface area (Å²) in [6.45, 7) is 2.28. The van der Waals surface area contributed by atoms with E-state index in [0.717, 1.165) is 11.1 Å². The first-order valence-corrected chi connectivity index (χ1v) is 8.07. The van der Waals surface area contributed by atoms with Crippen molar-refractivity contribution in [1.29, 1.82) is 0 Å². The van der Waals surface area contributed by atoms with Gasteiger partial charge in [-0.2, -0.15) is 4.31 Å². The van der Waals surface area contributed by atoms with Gasteiger partial charge in [0.05, 0.1) is 5.88 Å². The summed E-state index contributed by atoms with van der Waals surface area (Å²) < 4.78 is 31.1.